The summed E-state index contributed by atoms with van der Waals surface area (Å²) in [5.74, 6) is 0.776. The lowest BCUT2D eigenvalue weighted by atomic mass is 9.96. The number of nitrogens with one attached hydrogen (secondary N) is 1. The number of carbonyl (C=O) groups excluding carboxylic acids is 1. The summed E-state index contributed by atoms with van der Waals surface area (Å²) in [6, 6.07) is 8.29. The highest BCUT2D eigenvalue weighted by Gasteiger charge is 2.22. The van der Waals surface area contributed by atoms with Crippen LogP contribution < -0.4 is 5.32 Å². The Bertz CT molecular complexity index is 730. The minimum Gasteiger partial charge on any atom is -0.376 e. The van der Waals surface area contributed by atoms with E-state index >= 15 is 0 Å². The largest absolute Gasteiger partial charge is 0.376 e. The second-order valence-corrected chi connectivity index (χ2v) is 7.54. The molecule has 4 rings (SSSR count). The van der Waals surface area contributed by atoms with Crippen molar-refractivity contribution in [3.8, 4) is 0 Å². The number of benzene rings is 1. The normalized spacial score (nSPS) is 22.1. The van der Waals surface area contributed by atoms with Crippen LogP contribution in [0.25, 0.3) is 11.0 Å². The Morgan fingerprint density at radius 3 is 2.88 bits per heavy atom. The van der Waals surface area contributed by atoms with Crippen molar-refractivity contribution in [3.63, 3.8) is 0 Å². The molecule has 0 saturated carbocycles. The summed E-state index contributed by atoms with van der Waals surface area (Å²) < 4.78 is 7.82. The van der Waals surface area contributed by atoms with Gasteiger partial charge in [-0.15, -0.1) is 0 Å². The van der Waals surface area contributed by atoms with E-state index in [0.717, 1.165) is 57.4 Å². The van der Waals surface area contributed by atoms with E-state index in [9.17, 15) is 4.79 Å². The number of ether oxygens (including phenoxy) is 1. The maximum absolute atomic E-state index is 12.1. The van der Waals surface area contributed by atoms with Crippen molar-refractivity contribution >= 4 is 16.9 Å². The van der Waals surface area contributed by atoms with Gasteiger partial charge in [-0.3, -0.25) is 9.69 Å². The molecule has 1 aromatic carbocycles. The predicted octanol–water partition coefficient (Wildman–Crippen LogP) is 2.04. The minimum absolute atomic E-state index is 0.125. The van der Waals surface area contributed by atoms with Crippen molar-refractivity contribution in [2.45, 2.75) is 38.3 Å². The topological polar surface area (TPSA) is 59.4 Å². The molecule has 1 amide bonds. The third kappa shape index (κ3) is 4.24. The van der Waals surface area contributed by atoms with Crippen LogP contribution >= 0.6 is 0 Å². The number of carbonyl (C=O) groups is 1. The first kappa shape index (κ1) is 17.5. The molecular weight excluding hydrogens is 328 g/mol. The Kier molecular flexibility index (Phi) is 5.51. The molecule has 26 heavy (non-hydrogen) atoms. The highest BCUT2D eigenvalue weighted by molar-refractivity contribution is 5.78. The van der Waals surface area contributed by atoms with Crippen LogP contribution in [-0.2, 0) is 16.1 Å². The van der Waals surface area contributed by atoms with Gasteiger partial charge < -0.3 is 14.6 Å². The highest BCUT2D eigenvalue weighted by atomic mass is 16.5. The first-order chi connectivity index (χ1) is 12.8. The summed E-state index contributed by atoms with van der Waals surface area (Å²) in [6.45, 7) is 4.99. The van der Waals surface area contributed by atoms with Gasteiger partial charge in [-0.25, -0.2) is 4.98 Å². The molecule has 0 bridgehead atoms. The molecule has 3 heterocycles. The summed E-state index contributed by atoms with van der Waals surface area (Å²) in [6.07, 6.45) is 6.61. The first-order valence-electron chi connectivity index (χ1n) is 9.78. The summed E-state index contributed by atoms with van der Waals surface area (Å²) in [4.78, 5) is 18.9. The van der Waals surface area contributed by atoms with Crippen LogP contribution in [0.2, 0.25) is 0 Å². The zero-order valence-electron chi connectivity index (χ0n) is 15.3. The molecule has 2 aromatic rings. The summed E-state index contributed by atoms with van der Waals surface area (Å²) in [5, 5.41) is 3.02. The Balaban J connectivity index is 1.20. The monoisotopic (exact) mass is 356 g/mol. The number of amides is 1. The quantitative estimate of drug-likeness (QED) is 0.861. The number of imidazole rings is 1. The van der Waals surface area contributed by atoms with E-state index in [1.807, 2.05) is 12.4 Å². The number of nitrogens with zero attached hydrogens (tertiary/aromatic N) is 3. The van der Waals surface area contributed by atoms with Gasteiger partial charge in [0.05, 0.1) is 30.0 Å². The molecule has 2 aliphatic heterocycles. The molecule has 0 radical (unpaired) electrons. The summed E-state index contributed by atoms with van der Waals surface area (Å²) >= 11 is 0. The Morgan fingerprint density at radius 1 is 1.23 bits per heavy atom. The van der Waals surface area contributed by atoms with E-state index in [4.69, 9.17) is 4.74 Å². The maximum atomic E-state index is 12.1. The van der Waals surface area contributed by atoms with Crippen LogP contribution in [-0.4, -0.2) is 59.2 Å². The second kappa shape index (κ2) is 8.18. The van der Waals surface area contributed by atoms with Gasteiger partial charge in [-0.05, 0) is 56.8 Å². The zero-order chi connectivity index (χ0) is 17.8. The summed E-state index contributed by atoms with van der Waals surface area (Å²) in [7, 11) is 0. The van der Waals surface area contributed by atoms with E-state index in [0.29, 0.717) is 19.0 Å². The Morgan fingerprint density at radius 2 is 2.08 bits per heavy atom. The lowest BCUT2D eigenvalue weighted by Crippen LogP contribution is -2.43. The van der Waals surface area contributed by atoms with E-state index in [1.54, 1.807) is 0 Å². The van der Waals surface area contributed by atoms with Gasteiger partial charge in [0, 0.05) is 19.7 Å². The number of fused-ring (bicyclic) bond motifs is 1. The van der Waals surface area contributed by atoms with Gasteiger partial charge in [-0.1, -0.05) is 12.1 Å². The Labute approximate surface area is 154 Å². The van der Waals surface area contributed by atoms with Gasteiger partial charge >= 0.3 is 0 Å². The third-order valence-electron chi connectivity index (χ3n) is 5.61. The minimum atomic E-state index is 0.125. The van der Waals surface area contributed by atoms with Gasteiger partial charge in [0.15, 0.2) is 0 Å². The predicted molar refractivity (Wildman–Crippen MR) is 101 cm³/mol. The van der Waals surface area contributed by atoms with Crippen molar-refractivity contribution in [1.82, 2.24) is 19.8 Å². The number of hydrogen-bond donors (Lipinski definition) is 1. The molecule has 1 N–H and O–H groups in total. The zero-order valence-corrected chi connectivity index (χ0v) is 15.3. The average Bonchev–Trinajstić information content (AvgIpc) is 3.32. The van der Waals surface area contributed by atoms with Crippen molar-refractivity contribution < 1.29 is 9.53 Å². The number of rotatable bonds is 6. The molecule has 6 heteroatoms. The molecular formula is C20H28N4O2. The molecule has 2 fully saturated rings. The lowest BCUT2D eigenvalue weighted by molar-refractivity contribution is -0.123. The van der Waals surface area contributed by atoms with E-state index in [1.165, 1.54) is 5.52 Å². The van der Waals surface area contributed by atoms with Crippen LogP contribution in [0, 0.1) is 5.92 Å². The van der Waals surface area contributed by atoms with Gasteiger partial charge in [-0.2, -0.15) is 0 Å². The molecule has 2 saturated heterocycles. The fourth-order valence-corrected chi connectivity index (χ4v) is 4.05. The third-order valence-corrected chi connectivity index (χ3v) is 5.61. The van der Waals surface area contributed by atoms with E-state index in [2.05, 4.69) is 38.0 Å². The van der Waals surface area contributed by atoms with Gasteiger partial charge in [0.1, 0.15) is 0 Å². The second-order valence-electron chi connectivity index (χ2n) is 7.54. The molecule has 0 spiro atoms. The van der Waals surface area contributed by atoms with Crippen molar-refractivity contribution in [2.24, 2.45) is 5.92 Å². The molecule has 140 valence electrons. The fraction of sp³-hybridized carbons (Fsp3) is 0.600. The van der Waals surface area contributed by atoms with Crippen molar-refractivity contribution in [2.75, 3.05) is 32.8 Å². The molecule has 6 nitrogen and oxygen atoms in total. The molecule has 1 aromatic heterocycles. The average molecular weight is 356 g/mol. The molecule has 0 unspecified atom stereocenters. The van der Waals surface area contributed by atoms with Crippen LogP contribution in [0.4, 0.5) is 0 Å². The summed E-state index contributed by atoms with van der Waals surface area (Å²) in [5.41, 5.74) is 2.27. The first-order valence-corrected chi connectivity index (χ1v) is 9.78. The number of aromatic nitrogens is 2. The van der Waals surface area contributed by atoms with Crippen LogP contribution in [0.3, 0.4) is 0 Å². The molecule has 1 atom stereocenters. The van der Waals surface area contributed by atoms with Gasteiger partial charge in [0.25, 0.3) is 0 Å². The number of para-hydroxylation sites is 2. The van der Waals surface area contributed by atoms with Crippen LogP contribution in [0.5, 0.6) is 0 Å². The van der Waals surface area contributed by atoms with Crippen LogP contribution in [0.15, 0.2) is 30.6 Å². The fourth-order valence-electron chi connectivity index (χ4n) is 4.05. The van der Waals surface area contributed by atoms with Crippen molar-refractivity contribution in [1.29, 1.82) is 0 Å². The molecule has 0 aliphatic carbocycles. The number of likely N-dealkylation sites (tertiary alicyclic amines) is 1. The van der Waals surface area contributed by atoms with Gasteiger partial charge in [0.2, 0.25) is 5.91 Å². The smallest absolute Gasteiger partial charge is 0.234 e. The van der Waals surface area contributed by atoms with Crippen molar-refractivity contribution in [3.05, 3.63) is 30.6 Å². The van der Waals surface area contributed by atoms with Crippen LogP contribution in [0.1, 0.15) is 25.7 Å². The SMILES string of the molecule is O=C(CN1CCC(Cn2cnc3ccccc32)CC1)NC[C@@H]1CCCO1. The maximum Gasteiger partial charge on any atom is 0.234 e. The lowest BCUT2D eigenvalue weighted by Gasteiger charge is -2.31. The Hall–Kier alpha value is -1.92. The standard InChI is InChI=1S/C20H28N4O2/c25-20(21-12-17-4-3-11-26-17)14-23-9-7-16(8-10-23)13-24-15-22-18-5-1-2-6-19(18)24/h1-2,5-6,15-17H,3-4,7-14H2,(H,21,25)/t17-/m0/s1. The van der Waals surface area contributed by atoms with E-state index < -0.39 is 0 Å². The molecule has 2 aliphatic rings. The number of piperidine rings is 1. The number of hydrogen-bond acceptors (Lipinski definition) is 4. The highest BCUT2D eigenvalue weighted by Crippen LogP contribution is 2.21. The van der Waals surface area contributed by atoms with E-state index in [-0.39, 0.29) is 12.0 Å².